The van der Waals surface area contributed by atoms with E-state index in [9.17, 15) is 9.90 Å². The average molecular weight is 265 g/mol. The van der Waals surface area contributed by atoms with Crippen LogP contribution >= 0.6 is 0 Å². The summed E-state index contributed by atoms with van der Waals surface area (Å²) in [4.78, 5) is 11.6. The van der Waals surface area contributed by atoms with Gasteiger partial charge in [-0.25, -0.2) is 0 Å². The molecular formula is C15H23NO3. The minimum Gasteiger partial charge on any atom is -0.483 e. The monoisotopic (exact) mass is 265 g/mol. The fraction of sp³-hybridized carbons (Fsp3) is 0.533. The van der Waals surface area contributed by atoms with Crippen LogP contribution in [0.3, 0.4) is 0 Å². The van der Waals surface area contributed by atoms with Crippen LogP contribution in [-0.2, 0) is 4.79 Å². The summed E-state index contributed by atoms with van der Waals surface area (Å²) in [7, 11) is 0. The van der Waals surface area contributed by atoms with Crippen LogP contribution < -0.4 is 10.1 Å². The highest BCUT2D eigenvalue weighted by Gasteiger charge is 2.12. The van der Waals surface area contributed by atoms with Crippen molar-refractivity contribution in [3.63, 3.8) is 0 Å². The summed E-state index contributed by atoms with van der Waals surface area (Å²) in [6.45, 7) is 7.56. The molecule has 0 saturated carbocycles. The maximum atomic E-state index is 11.6. The predicted octanol–water partition coefficient (Wildman–Crippen LogP) is 2.34. The van der Waals surface area contributed by atoms with Gasteiger partial charge >= 0.3 is 0 Å². The second kappa shape index (κ2) is 7.14. The van der Waals surface area contributed by atoms with Crippen molar-refractivity contribution in [3.8, 4) is 5.75 Å². The van der Waals surface area contributed by atoms with E-state index in [4.69, 9.17) is 4.74 Å². The minimum absolute atomic E-state index is 0.0346. The van der Waals surface area contributed by atoms with Gasteiger partial charge in [0.2, 0.25) is 0 Å². The number of carbonyl (C=O) groups is 1. The molecule has 0 aliphatic carbocycles. The number of rotatable bonds is 6. The molecule has 2 N–H and O–H groups in total. The SMILES string of the molecule is CCC(C)NC(=O)COc1ccc(C)cc1C(C)O. The fourth-order valence-corrected chi connectivity index (χ4v) is 1.69. The molecule has 0 aromatic heterocycles. The van der Waals surface area contributed by atoms with Gasteiger partial charge in [-0.2, -0.15) is 0 Å². The Labute approximate surface area is 114 Å². The van der Waals surface area contributed by atoms with Gasteiger partial charge in [0, 0.05) is 11.6 Å². The molecule has 0 spiro atoms. The molecular weight excluding hydrogens is 242 g/mol. The summed E-state index contributed by atoms with van der Waals surface area (Å²) >= 11 is 0. The zero-order chi connectivity index (χ0) is 14.4. The molecule has 19 heavy (non-hydrogen) atoms. The van der Waals surface area contributed by atoms with E-state index < -0.39 is 6.10 Å². The molecule has 0 saturated heterocycles. The van der Waals surface area contributed by atoms with Gasteiger partial charge in [-0.3, -0.25) is 4.79 Å². The molecule has 0 bridgehead atoms. The Kier molecular flexibility index (Phi) is 5.83. The molecule has 0 heterocycles. The molecule has 4 heteroatoms. The zero-order valence-corrected chi connectivity index (χ0v) is 12.1. The van der Waals surface area contributed by atoms with Crippen molar-refractivity contribution in [1.82, 2.24) is 5.32 Å². The van der Waals surface area contributed by atoms with Gasteiger partial charge in [-0.15, -0.1) is 0 Å². The first-order valence-corrected chi connectivity index (χ1v) is 6.64. The summed E-state index contributed by atoms with van der Waals surface area (Å²) in [5, 5.41) is 12.5. The van der Waals surface area contributed by atoms with Crippen molar-refractivity contribution < 1.29 is 14.6 Å². The van der Waals surface area contributed by atoms with Crippen LogP contribution in [0.1, 0.15) is 44.4 Å². The first-order valence-electron chi connectivity index (χ1n) is 6.64. The smallest absolute Gasteiger partial charge is 0.258 e. The van der Waals surface area contributed by atoms with E-state index in [1.807, 2.05) is 32.9 Å². The molecule has 1 aromatic carbocycles. The van der Waals surface area contributed by atoms with E-state index in [0.29, 0.717) is 11.3 Å². The topological polar surface area (TPSA) is 58.6 Å². The molecule has 2 atom stereocenters. The van der Waals surface area contributed by atoms with Crippen LogP contribution in [0.15, 0.2) is 18.2 Å². The average Bonchev–Trinajstić information content (AvgIpc) is 2.36. The van der Waals surface area contributed by atoms with E-state index in [1.165, 1.54) is 0 Å². The van der Waals surface area contributed by atoms with Gasteiger partial charge in [-0.1, -0.05) is 18.6 Å². The van der Waals surface area contributed by atoms with Gasteiger partial charge < -0.3 is 15.2 Å². The number of aliphatic hydroxyl groups is 1. The van der Waals surface area contributed by atoms with E-state index in [2.05, 4.69) is 5.32 Å². The summed E-state index contributed by atoms with van der Waals surface area (Å²) in [6.07, 6.45) is 0.266. The molecule has 1 amide bonds. The number of benzene rings is 1. The molecule has 1 aromatic rings. The molecule has 2 unspecified atom stereocenters. The molecule has 0 aliphatic rings. The molecule has 0 fully saturated rings. The lowest BCUT2D eigenvalue weighted by atomic mass is 10.1. The normalized spacial score (nSPS) is 13.7. The van der Waals surface area contributed by atoms with Gasteiger partial charge in [0.1, 0.15) is 5.75 Å². The summed E-state index contributed by atoms with van der Waals surface area (Å²) in [5.74, 6) is 0.409. The highest BCUT2D eigenvalue weighted by atomic mass is 16.5. The van der Waals surface area contributed by atoms with E-state index >= 15 is 0 Å². The van der Waals surface area contributed by atoms with Crippen LogP contribution in [0, 0.1) is 6.92 Å². The van der Waals surface area contributed by atoms with Gasteiger partial charge in [0.15, 0.2) is 6.61 Å². The third-order valence-corrected chi connectivity index (χ3v) is 2.99. The quantitative estimate of drug-likeness (QED) is 0.830. The Morgan fingerprint density at radius 3 is 2.68 bits per heavy atom. The summed E-state index contributed by atoms with van der Waals surface area (Å²) in [5.41, 5.74) is 1.75. The number of hydrogen-bond donors (Lipinski definition) is 2. The van der Waals surface area contributed by atoms with Crippen LogP contribution in [0.5, 0.6) is 5.75 Å². The Bertz CT molecular complexity index is 429. The number of aryl methyl sites for hydroxylation is 1. The Hall–Kier alpha value is -1.55. The van der Waals surface area contributed by atoms with Crippen molar-refractivity contribution >= 4 is 5.91 Å². The highest BCUT2D eigenvalue weighted by molar-refractivity contribution is 5.77. The van der Waals surface area contributed by atoms with Crippen molar-refractivity contribution in [2.45, 2.75) is 46.3 Å². The lowest BCUT2D eigenvalue weighted by Crippen LogP contribution is -2.35. The largest absolute Gasteiger partial charge is 0.483 e. The van der Waals surface area contributed by atoms with Crippen LogP contribution in [-0.4, -0.2) is 23.7 Å². The van der Waals surface area contributed by atoms with E-state index in [1.54, 1.807) is 13.0 Å². The standard InChI is InChI=1S/C15H23NO3/c1-5-11(3)16-15(18)9-19-14-7-6-10(2)8-13(14)12(4)17/h6-8,11-12,17H,5,9H2,1-4H3,(H,16,18). The summed E-state index contributed by atoms with van der Waals surface area (Å²) in [6, 6.07) is 5.69. The maximum Gasteiger partial charge on any atom is 0.258 e. The Balaban J connectivity index is 2.65. The first-order chi connectivity index (χ1) is 8.93. The predicted molar refractivity (Wildman–Crippen MR) is 75.2 cm³/mol. The van der Waals surface area contributed by atoms with Crippen molar-refractivity contribution in [3.05, 3.63) is 29.3 Å². The molecule has 1 rings (SSSR count). The van der Waals surface area contributed by atoms with E-state index in [-0.39, 0.29) is 18.6 Å². The number of amides is 1. The lowest BCUT2D eigenvalue weighted by Gasteiger charge is -2.15. The van der Waals surface area contributed by atoms with Crippen molar-refractivity contribution in [2.24, 2.45) is 0 Å². The van der Waals surface area contributed by atoms with Gasteiger partial charge in [0.05, 0.1) is 6.10 Å². The molecule has 106 valence electrons. The van der Waals surface area contributed by atoms with Crippen LogP contribution in [0.2, 0.25) is 0 Å². The molecule has 4 nitrogen and oxygen atoms in total. The number of hydrogen-bond acceptors (Lipinski definition) is 3. The number of carbonyl (C=O) groups excluding carboxylic acids is 1. The number of aliphatic hydroxyl groups excluding tert-OH is 1. The number of nitrogens with one attached hydrogen (secondary N) is 1. The Morgan fingerprint density at radius 2 is 2.11 bits per heavy atom. The third-order valence-electron chi connectivity index (χ3n) is 2.99. The van der Waals surface area contributed by atoms with Crippen LogP contribution in [0.25, 0.3) is 0 Å². The lowest BCUT2D eigenvalue weighted by molar-refractivity contribution is -0.123. The first kappa shape index (κ1) is 15.5. The second-order valence-electron chi connectivity index (χ2n) is 4.88. The molecule has 0 aliphatic heterocycles. The van der Waals surface area contributed by atoms with Gasteiger partial charge in [-0.05, 0) is 39.3 Å². The van der Waals surface area contributed by atoms with E-state index in [0.717, 1.165) is 12.0 Å². The Morgan fingerprint density at radius 1 is 1.42 bits per heavy atom. The second-order valence-corrected chi connectivity index (χ2v) is 4.88. The zero-order valence-electron chi connectivity index (χ0n) is 12.1. The maximum absolute atomic E-state index is 11.6. The number of ether oxygens (including phenoxy) is 1. The molecule has 0 radical (unpaired) electrons. The highest BCUT2D eigenvalue weighted by Crippen LogP contribution is 2.26. The van der Waals surface area contributed by atoms with Gasteiger partial charge in [0.25, 0.3) is 5.91 Å². The fourth-order valence-electron chi connectivity index (χ4n) is 1.69. The third kappa shape index (κ3) is 4.91. The van der Waals surface area contributed by atoms with Crippen LogP contribution in [0.4, 0.5) is 0 Å². The minimum atomic E-state index is -0.618. The summed E-state index contributed by atoms with van der Waals surface area (Å²) < 4.78 is 5.49. The van der Waals surface area contributed by atoms with Crippen molar-refractivity contribution in [2.75, 3.05) is 6.61 Å². The van der Waals surface area contributed by atoms with Crippen molar-refractivity contribution in [1.29, 1.82) is 0 Å².